The molecular weight excluding hydrogens is 162 g/mol. The van der Waals surface area contributed by atoms with Crippen LogP contribution in [0.4, 0.5) is 0 Å². The van der Waals surface area contributed by atoms with Gasteiger partial charge in [0, 0.05) is 12.0 Å². The second-order valence-corrected chi connectivity index (χ2v) is 4.01. The molecule has 0 saturated heterocycles. The summed E-state index contributed by atoms with van der Waals surface area (Å²) in [7, 11) is 2.04. The molecule has 0 aliphatic carbocycles. The molecular formula is C11H23NO. The highest BCUT2D eigenvalue weighted by molar-refractivity contribution is 5.82. The Bertz CT molecular complexity index is 150. The summed E-state index contributed by atoms with van der Waals surface area (Å²) >= 11 is 0. The Labute approximate surface area is 82.3 Å². The summed E-state index contributed by atoms with van der Waals surface area (Å²) in [6.07, 6.45) is 2.25. The van der Waals surface area contributed by atoms with Gasteiger partial charge in [-0.1, -0.05) is 27.7 Å². The van der Waals surface area contributed by atoms with Crippen LogP contribution in [0.5, 0.6) is 0 Å². The van der Waals surface area contributed by atoms with Gasteiger partial charge in [0.15, 0.2) is 0 Å². The number of carbonyl (C=O) groups excluding carboxylic acids is 1. The first-order valence-electron chi connectivity index (χ1n) is 5.25. The molecule has 78 valence electrons. The van der Waals surface area contributed by atoms with Gasteiger partial charge < -0.3 is 0 Å². The van der Waals surface area contributed by atoms with E-state index in [0.717, 1.165) is 12.8 Å². The van der Waals surface area contributed by atoms with Gasteiger partial charge in [-0.15, -0.1) is 0 Å². The minimum atomic E-state index is 0.164. The van der Waals surface area contributed by atoms with Gasteiger partial charge in [0.2, 0.25) is 0 Å². The maximum absolute atomic E-state index is 11.4. The zero-order chi connectivity index (χ0) is 10.4. The summed E-state index contributed by atoms with van der Waals surface area (Å²) in [5.41, 5.74) is 0. The molecule has 0 atom stereocenters. The quantitative estimate of drug-likeness (QED) is 0.633. The molecule has 0 aromatic heterocycles. The average molecular weight is 185 g/mol. The molecule has 0 aromatic rings. The number of hydrogen-bond acceptors (Lipinski definition) is 2. The zero-order valence-corrected chi connectivity index (χ0v) is 9.63. The molecule has 0 aromatic carbocycles. The standard InChI is InChI=1S/C11H23NO/c1-6-10(7-2)12(5)8-11(13)9(3)4/h9-10H,6-8H2,1-5H3. The van der Waals surface area contributed by atoms with Crippen molar-refractivity contribution in [2.75, 3.05) is 13.6 Å². The molecule has 0 unspecified atom stereocenters. The zero-order valence-electron chi connectivity index (χ0n) is 9.63. The number of hydrogen-bond donors (Lipinski definition) is 0. The number of Topliss-reactive ketones (excluding diaryl/α,β-unsaturated/α-hetero) is 1. The summed E-state index contributed by atoms with van der Waals surface area (Å²) < 4.78 is 0. The van der Waals surface area contributed by atoms with Crippen LogP contribution in [0.15, 0.2) is 0 Å². The average Bonchev–Trinajstić information content (AvgIpc) is 2.06. The van der Waals surface area contributed by atoms with Gasteiger partial charge in [0.05, 0.1) is 6.54 Å². The van der Waals surface area contributed by atoms with Crippen LogP contribution in [0.3, 0.4) is 0 Å². The number of likely N-dealkylation sites (N-methyl/N-ethyl adjacent to an activating group) is 1. The third-order valence-corrected chi connectivity index (χ3v) is 2.62. The number of ketones is 1. The Morgan fingerprint density at radius 1 is 1.23 bits per heavy atom. The molecule has 0 bridgehead atoms. The predicted octanol–water partition coefficient (Wildman–Crippen LogP) is 2.33. The number of carbonyl (C=O) groups is 1. The third-order valence-electron chi connectivity index (χ3n) is 2.62. The van der Waals surface area contributed by atoms with Crippen molar-refractivity contribution < 1.29 is 4.79 Å². The molecule has 13 heavy (non-hydrogen) atoms. The first-order chi connectivity index (χ1) is 6.02. The molecule has 0 N–H and O–H groups in total. The third kappa shape index (κ3) is 4.41. The fourth-order valence-electron chi connectivity index (χ4n) is 1.47. The Balaban J connectivity index is 3.97. The highest BCUT2D eigenvalue weighted by Crippen LogP contribution is 2.07. The topological polar surface area (TPSA) is 20.3 Å². The van der Waals surface area contributed by atoms with E-state index in [1.165, 1.54) is 0 Å². The van der Waals surface area contributed by atoms with Crippen LogP contribution in [0, 0.1) is 5.92 Å². The Morgan fingerprint density at radius 2 is 1.69 bits per heavy atom. The normalized spacial score (nSPS) is 11.7. The Hall–Kier alpha value is -0.370. The molecule has 0 rings (SSSR count). The van der Waals surface area contributed by atoms with E-state index in [1.54, 1.807) is 0 Å². The number of rotatable bonds is 6. The molecule has 0 amide bonds. The van der Waals surface area contributed by atoms with Crippen molar-refractivity contribution in [3.63, 3.8) is 0 Å². The highest BCUT2D eigenvalue weighted by Gasteiger charge is 2.15. The van der Waals surface area contributed by atoms with Crippen molar-refractivity contribution in [2.45, 2.75) is 46.6 Å². The van der Waals surface area contributed by atoms with Gasteiger partial charge in [-0.05, 0) is 19.9 Å². The first kappa shape index (κ1) is 12.6. The van der Waals surface area contributed by atoms with Crippen LogP contribution in [0.2, 0.25) is 0 Å². The largest absolute Gasteiger partial charge is 0.298 e. The lowest BCUT2D eigenvalue weighted by Gasteiger charge is -2.25. The van der Waals surface area contributed by atoms with Crippen LogP contribution in [0.25, 0.3) is 0 Å². The number of nitrogens with zero attached hydrogens (tertiary/aromatic N) is 1. The lowest BCUT2D eigenvalue weighted by Crippen LogP contribution is -2.36. The second-order valence-electron chi connectivity index (χ2n) is 4.01. The SMILES string of the molecule is CCC(CC)N(C)CC(=O)C(C)C. The van der Waals surface area contributed by atoms with Gasteiger partial charge in [0.1, 0.15) is 5.78 Å². The maximum atomic E-state index is 11.4. The molecule has 2 nitrogen and oxygen atoms in total. The molecule has 2 heteroatoms. The maximum Gasteiger partial charge on any atom is 0.149 e. The van der Waals surface area contributed by atoms with Crippen LogP contribution >= 0.6 is 0 Å². The van der Waals surface area contributed by atoms with Crippen molar-refractivity contribution in [1.29, 1.82) is 0 Å². The van der Waals surface area contributed by atoms with Crippen LogP contribution in [0.1, 0.15) is 40.5 Å². The summed E-state index contributed by atoms with van der Waals surface area (Å²) in [6.45, 7) is 8.87. The van der Waals surface area contributed by atoms with Gasteiger partial charge in [-0.2, -0.15) is 0 Å². The van der Waals surface area contributed by atoms with Gasteiger partial charge in [-0.25, -0.2) is 0 Å². The van der Waals surface area contributed by atoms with Crippen molar-refractivity contribution in [2.24, 2.45) is 5.92 Å². The molecule has 0 heterocycles. The minimum absolute atomic E-state index is 0.164. The fourth-order valence-corrected chi connectivity index (χ4v) is 1.47. The second kappa shape index (κ2) is 6.14. The lowest BCUT2D eigenvalue weighted by molar-refractivity contribution is -0.123. The molecule has 0 radical (unpaired) electrons. The predicted molar refractivity (Wildman–Crippen MR) is 56.8 cm³/mol. The molecule has 0 saturated carbocycles. The van der Waals surface area contributed by atoms with E-state index in [4.69, 9.17) is 0 Å². The fraction of sp³-hybridized carbons (Fsp3) is 0.909. The van der Waals surface area contributed by atoms with Crippen molar-refractivity contribution >= 4 is 5.78 Å². The Kier molecular flexibility index (Phi) is 5.97. The van der Waals surface area contributed by atoms with E-state index in [-0.39, 0.29) is 5.92 Å². The molecule has 0 fully saturated rings. The summed E-state index contributed by atoms with van der Waals surface area (Å²) in [5, 5.41) is 0. The Morgan fingerprint density at radius 3 is 2.00 bits per heavy atom. The van der Waals surface area contributed by atoms with Crippen LogP contribution in [-0.4, -0.2) is 30.3 Å². The van der Waals surface area contributed by atoms with E-state index in [9.17, 15) is 4.79 Å². The lowest BCUT2D eigenvalue weighted by atomic mass is 10.1. The smallest absolute Gasteiger partial charge is 0.149 e. The highest BCUT2D eigenvalue weighted by atomic mass is 16.1. The summed E-state index contributed by atoms with van der Waals surface area (Å²) in [6, 6.07) is 0.558. The molecule has 0 aliphatic heterocycles. The van der Waals surface area contributed by atoms with Crippen molar-refractivity contribution in [1.82, 2.24) is 4.90 Å². The van der Waals surface area contributed by atoms with Crippen molar-refractivity contribution in [3.05, 3.63) is 0 Å². The summed E-state index contributed by atoms with van der Waals surface area (Å²) in [4.78, 5) is 13.6. The first-order valence-corrected chi connectivity index (χ1v) is 5.25. The summed E-state index contributed by atoms with van der Waals surface area (Å²) in [5.74, 6) is 0.506. The van der Waals surface area contributed by atoms with Gasteiger partial charge in [-0.3, -0.25) is 9.69 Å². The van der Waals surface area contributed by atoms with E-state index in [1.807, 2.05) is 20.9 Å². The van der Waals surface area contributed by atoms with Crippen molar-refractivity contribution in [3.8, 4) is 0 Å². The van der Waals surface area contributed by atoms with E-state index in [2.05, 4.69) is 18.7 Å². The van der Waals surface area contributed by atoms with E-state index >= 15 is 0 Å². The minimum Gasteiger partial charge on any atom is -0.298 e. The van der Waals surface area contributed by atoms with Crippen LogP contribution in [-0.2, 0) is 4.79 Å². The molecule has 0 aliphatic rings. The molecule has 0 spiro atoms. The van der Waals surface area contributed by atoms with Crippen LogP contribution < -0.4 is 0 Å². The van der Waals surface area contributed by atoms with Gasteiger partial charge in [0.25, 0.3) is 0 Å². The van der Waals surface area contributed by atoms with E-state index < -0.39 is 0 Å². The van der Waals surface area contributed by atoms with Gasteiger partial charge >= 0.3 is 0 Å². The van der Waals surface area contributed by atoms with E-state index in [0.29, 0.717) is 18.4 Å². The monoisotopic (exact) mass is 185 g/mol.